The molecule has 6 heteroatoms. The largest absolute Gasteiger partial charge is 0.338 e. The van der Waals surface area contributed by atoms with Gasteiger partial charge >= 0.3 is 0 Å². The number of H-pyrrole nitrogens is 1. The highest BCUT2D eigenvalue weighted by atomic mass is 16.2. The smallest absolute Gasteiger partial charge is 0.274 e. The fourth-order valence-electron chi connectivity index (χ4n) is 3.31. The number of carbonyl (C=O) groups is 1. The van der Waals surface area contributed by atoms with E-state index in [1.54, 1.807) is 17.8 Å². The van der Waals surface area contributed by atoms with Crippen LogP contribution in [0.5, 0.6) is 0 Å². The number of aromatic nitrogens is 3. The van der Waals surface area contributed by atoms with E-state index in [0.717, 1.165) is 31.6 Å². The van der Waals surface area contributed by atoms with Crippen molar-refractivity contribution in [2.75, 3.05) is 13.1 Å². The molecule has 118 valence electrons. The molecule has 1 atom stereocenters. The van der Waals surface area contributed by atoms with E-state index in [0.29, 0.717) is 22.5 Å². The van der Waals surface area contributed by atoms with Gasteiger partial charge in [-0.25, -0.2) is 4.98 Å². The first-order valence-corrected chi connectivity index (χ1v) is 7.87. The third kappa shape index (κ3) is 2.42. The zero-order valence-electron chi connectivity index (χ0n) is 13.3. The molecule has 3 heterocycles. The number of piperidine rings is 1. The molecule has 0 spiro atoms. The lowest BCUT2D eigenvalue weighted by Gasteiger charge is -2.32. The number of carbonyl (C=O) groups excluding carboxylic acids is 1. The van der Waals surface area contributed by atoms with Gasteiger partial charge in [0.15, 0.2) is 5.65 Å². The summed E-state index contributed by atoms with van der Waals surface area (Å²) >= 11 is 0. The van der Waals surface area contributed by atoms with Crippen LogP contribution in [0.15, 0.2) is 10.9 Å². The van der Waals surface area contributed by atoms with E-state index in [1.807, 2.05) is 11.8 Å². The minimum atomic E-state index is -0.252. The number of rotatable bonds is 2. The van der Waals surface area contributed by atoms with Gasteiger partial charge in [0.1, 0.15) is 0 Å². The Balaban J connectivity index is 2.06. The van der Waals surface area contributed by atoms with Crippen LogP contribution in [0.1, 0.15) is 42.2 Å². The maximum absolute atomic E-state index is 12.9. The van der Waals surface area contributed by atoms with Crippen LogP contribution in [0.2, 0.25) is 0 Å². The van der Waals surface area contributed by atoms with Crippen molar-refractivity contribution in [3.63, 3.8) is 0 Å². The summed E-state index contributed by atoms with van der Waals surface area (Å²) in [5.74, 6) is 0.510. The molecule has 0 aliphatic carbocycles. The van der Waals surface area contributed by atoms with Crippen molar-refractivity contribution in [2.24, 2.45) is 13.0 Å². The summed E-state index contributed by atoms with van der Waals surface area (Å²) in [6.07, 6.45) is 3.29. The van der Waals surface area contributed by atoms with E-state index in [4.69, 9.17) is 0 Å². The van der Waals surface area contributed by atoms with E-state index in [-0.39, 0.29) is 11.5 Å². The highest BCUT2D eigenvalue weighted by Crippen LogP contribution is 2.23. The molecule has 2 aromatic rings. The van der Waals surface area contributed by atoms with Crippen molar-refractivity contribution in [2.45, 2.75) is 33.1 Å². The number of aromatic amines is 1. The molecule has 22 heavy (non-hydrogen) atoms. The molecular weight excluding hydrogens is 280 g/mol. The zero-order valence-corrected chi connectivity index (χ0v) is 13.3. The number of likely N-dealkylation sites (tertiary alicyclic amines) is 1. The van der Waals surface area contributed by atoms with Gasteiger partial charge in [0.2, 0.25) is 0 Å². The van der Waals surface area contributed by atoms with Gasteiger partial charge in [-0.05, 0) is 31.7 Å². The lowest BCUT2D eigenvalue weighted by Crippen LogP contribution is -2.40. The van der Waals surface area contributed by atoms with Crippen LogP contribution >= 0.6 is 0 Å². The maximum atomic E-state index is 12.9. The second kappa shape index (κ2) is 5.59. The maximum Gasteiger partial charge on any atom is 0.274 e. The molecular formula is C16H22N4O2. The second-order valence-corrected chi connectivity index (χ2v) is 6.18. The molecule has 6 nitrogen and oxygen atoms in total. The summed E-state index contributed by atoms with van der Waals surface area (Å²) in [5.41, 5.74) is 1.51. The standard InChI is InChI=1S/C16H22N4O2/c1-4-11-6-5-7-20(9-11)16(22)12-8-10(2)17-14-13(12)15(21)18-19(14)3/h8,11H,4-7,9H2,1-3H3,(H,18,21)/t11-/m0/s1. The minimum absolute atomic E-state index is 0.0506. The van der Waals surface area contributed by atoms with E-state index >= 15 is 0 Å². The fourth-order valence-corrected chi connectivity index (χ4v) is 3.31. The number of hydrogen-bond acceptors (Lipinski definition) is 3. The van der Waals surface area contributed by atoms with Gasteiger partial charge in [0.05, 0.1) is 10.9 Å². The number of pyridine rings is 1. The molecule has 0 bridgehead atoms. The Morgan fingerprint density at radius 1 is 1.50 bits per heavy atom. The molecule has 0 saturated carbocycles. The van der Waals surface area contributed by atoms with Gasteiger partial charge in [0.25, 0.3) is 11.5 Å². The van der Waals surface area contributed by atoms with Crippen LogP contribution < -0.4 is 5.56 Å². The Bertz CT molecular complexity index is 774. The van der Waals surface area contributed by atoms with Crippen LogP contribution in [-0.2, 0) is 7.05 Å². The van der Waals surface area contributed by atoms with Crippen molar-refractivity contribution in [3.8, 4) is 0 Å². The predicted molar refractivity (Wildman–Crippen MR) is 85.0 cm³/mol. The monoisotopic (exact) mass is 302 g/mol. The number of aryl methyl sites for hydroxylation is 2. The first-order chi connectivity index (χ1) is 10.5. The molecule has 0 aromatic carbocycles. The van der Waals surface area contributed by atoms with Crippen LogP contribution in [0.3, 0.4) is 0 Å². The van der Waals surface area contributed by atoms with E-state index in [2.05, 4.69) is 17.0 Å². The molecule has 1 saturated heterocycles. The first-order valence-electron chi connectivity index (χ1n) is 7.87. The van der Waals surface area contributed by atoms with Crippen LogP contribution in [0.4, 0.5) is 0 Å². The number of nitrogens with zero attached hydrogens (tertiary/aromatic N) is 3. The molecule has 1 aliphatic heterocycles. The van der Waals surface area contributed by atoms with Gasteiger partial charge < -0.3 is 4.90 Å². The Labute approximate surface area is 129 Å². The third-order valence-electron chi connectivity index (χ3n) is 4.56. The fraction of sp³-hybridized carbons (Fsp3) is 0.562. The van der Waals surface area contributed by atoms with Crippen molar-refractivity contribution in [1.29, 1.82) is 0 Å². The number of nitrogens with one attached hydrogen (secondary N) is 1. The molecule has 1 aliphatic rings. The zero-order chi connectivity index (χ0) is 15.9. The van der Waals surface area contributed by atoms with E-state index < -0.39 is 0 Å². The van der Waals surface area contributed by atoms with Gasteiger partial charge in [-0.2, -0.15) is 0 Å². The normalized spacial score (nSPS) is 18.9. The molecule has 1 fully saturated rings. The van der Waals surface area contributed by atoms with Gasteiger partial charge in [-0.1, -0.05) is 13.3 Å². The summed E-state index contributed by atoms with van der Waals surface area (Å²) < 4.78 is 1.58. The van der Waals surface area contributed by atoms with Crippen molar-refractivity contribution in [3.05, 3.63) is 27.7 Å². The number of amides is 1. The van der Waals surface area contributed by atoms with Gasteiger partial charge in [0, 0.05) is 25.8 Å². The summed E-state index contributed by atoms with van der Waals surface area (Å²) in [6.45, 7) is 5.56. The molecule has 0 radical (unpaired) electrons. The lowest BCUT2D eigenvalue weighted by molar-refractivity contribution is 0.0673. The minimum Gasteiger partial charge on any atom is -0.338 e. The van der Waals surface area contributed by atoms with Crippen molar-refractivity contribution < 1.29 is 4.79 Å². The Hall–Kier alpha value is -2.11. The molecule has 2 aromatic heterocycles. The van der Waals surface area contributed by atoms with E-state index in [9.17, 15) is 9.59 Å². The van der Waals surface area contributed by atoms with Gasteiger partial charge in [-0.3, -0.25) is 19.4 Å². The van der Waals surface area contributed by atoms with E-state index in [1.165, 1.54) is 6.42 Å². The number of fused-ring (bicyclic) bond motifs is 1. The van der Waals surface area contributed by atoms with Crippen molar-refractivity contribution in [1.82, 2.24) is 19.7 Å². The Morgan fingerprint density at radius 2 is 2.27 bits per heavy atom. The van der Waals surface area contributed by atoms with Crippen LogP contribution in [-0.4, -0.2) is 38.7 Å². The van der Waals surface area contributed by atoms with Crippen LogP contribution in [0.25, 0.3) is 11.0 Å². The molecule has 1 amide bonds. The summed E-state index contributed by atoms with van der Waals surface area (Å²) in [7, 11) is 1.73. The summed E-state index contributed by atoms with van der Waals surface area (Å²) in [5, 5.41) is 3.09. The van der Waals surface area contributed by atoms with Crippen LogP contribution in [0, 0.1) is 12.8 Å². The SMILES string of the molecule is CC[C@H]1CCCN(C(=O)c2cc(C)nc3c2c(=O)[nH]n3C)C1. The highest BCUT2D eigenvalue weighted by molar-refractivity contribution is 6.05. The average Bonchev–Trinajstić information content (AvgIpc) is 2.80. The quantitative estimate of drug-likeness (QED) is 0.920. The highest BCUT2D eigenvalue weighted by Gasteiger charge is 2.26. The lowest BCUT2D eigenvalue weighted by atomic mass is 9.95. The average molecular weight is 302 g/mol. The van der Waals surface area contributed by atoms with Gasteiger partial charge in [-0.15, -0.1) is 0 Å². The topological polar surface area (TPSA) is 71.0 Å². The molecule has 3 rings (SSSR count). The first kappa shape index (κ1) is 14.8. The predicted octanol–water partition coefficient (Wildman–Crippen LogP) is 1.83. The van der Waals surface area contributed by atoms with Crippen molar-refractivity contribution >= 4 is 16.9 Å². The summed E-state index contributed by atoms with van der Waals surface area (Å²) in [6, 6.07) is 1.73. The number of hydrogen-bond donors (Lipinski definition) is 1. The Morgan fingerprint density at radius 3 is 3.00 bits per heavy atom. The Kier molecular flexibility index (Phi) is 3.76. The third-order valence-corrected chi connectivity index (χ3v) is 4.56. The molecule has 0 unspecified atom stereocenters. The second-order valence-electron chi connectivity index (χ2n) is 6.18. The molecule has 1 N–H and O–H groups in total. The summed E-state index contributed by atoms with van der Waals surface area (Å²) in [4.78, 5) is 31.3.